The summed E-state index contributed by atoms with van der Waals surface area (Å²) in [6.07, 6.45) is -3.64. The Kier molecular flexibility index (Phi) is 6.66. The molecule has 0 aliphatic carbocycles. The molecule has 0 aromatic heterocycles. The van der Waals surface area contributed by atoms with Gasteiger partial charge in [-0.1, -0.05) is 6.58 Å². The lowest BCUT2D eigenvalue weighted by molar-refractivity contribution is -0.275. The zero-order valence-electron chi connectivity index (χ0n) is 13.9. The molecule has 0 spiro atoms. The monoisotopic (exact) mass is 398 g/mol. The summed E-state index contributed by atoms with van der Waals surface area (Å²) < 4.78 is 81.1. The van der Waals surface area contributed by atoms with Gasteiger partial charge in [-0.3, -0.25) is 4.55 Å². The fourth-order valence-corrected chi connectivity index (χ4v) is 1.87. The van der Waals surface area contributed by atoms with Gasteiger partial charge < -0.3 is 14.2 Å². The molecule has 7 nitrogen and oxygen atoms in total. The molecule has 1 aromatic rings. The maximum atomic E-state index is 12.5. The first-order valence-electron chi connectivity index (χ1n) is 7.07. The lowest BCUT2D eigenvalue weighted by Gasteiger charge is -2.24. The molecule has 1 aromatic carbocycles. The second-order valence-electron chi connectivity index (χ2n) is 5.54. The van der Waals surface area contributed by atoms with Gasteiger partial charge in [-0.15, -0.1) is 13.2 Å². The number of ether oxygens (including phenoxy) is 3. The molecule has 1 rings (SSSR count). The summed E-state index contributed by atoms with van der Waals surface area (Å²) in [6, 6.07) is 2.81. The van der Waals surface area contributed by atoms with Crippen LogP contribution >= 0.6 is 0 Å². The molecule has 0 radical (unpaired) electrons. The molecule has 0 bridgehead atoms. The Morgan fingerprint density at radius 3 is 2.35 bits per heavy atom. The number of halogens is 3. The third-order valence-corrected chi connectivity index (χ3v) is 3.53. The maximum Gasteiger partial charge on any atom is 0.573 e. The Bertz CT molecular complexity index is 770. The normalized spacial score (nSPS) is 12.4. The second kappa shape index (κ2) is 7.96. The van der Waals surface area contributed by atoms with Crippen LogP contribution in [0.25, 0.3) is 0 Å². The smallest absolute Gasteiger partial charge is 0.480 e. The summed E-state index contributed by atoms with van der Waals surface area (Å²) in [5, 5.41) is 0. The van der Waals surface area contributed by atoms with Crippen molar-refractivity contribution in [2.75, 3.05) is 12.4 Å². The lowest BCUT2D eigenvalue weighted by Crippen LogP contribution is -2.26. The molecule has 0 saturated heterocycles. The topological polar surface area (TPSA) is 99.1 Å². The highest BCUT2D eigenvalue weighted by Gasteiger charge is 2.33. The summed E-state index contributed by atoms with van der Waals surface area (Å²) in [7, 11) is -4.32. The number of rotatable bonds is 8. The van der Waals surface area contributed by atoms with Crippen molar-refractivity contribution in [2.45, 2.75) is 25.8 Å². The summed E-state index contributed by atoms with van der Waals surface area (Å²) in [6.45, 7) is 5.91. The quantitative estimate of drug-likeness (QED) is 0.408. The average Bonchev–Trinajstić information content (AvgIpc) is 2.46. The van der Waals surface area contributed by atoms with E-state index < -0.39 is 51.9 Å². The fourth-order valence-electron chi connectivity index (χ4n) is 1.57. The van der Waals surface area contributed by atoms with Crippen LogP contribution in [0, 0.1) is 0 Å². The van der Waals surface area contributed by atoms with Crippen molar-refractivity contribution in [1.82, 2.24) is 0 Å². The molecular formula is C15H17F3O7S. The molecule has 0 fully saturated rings. The summed E-state index contributed by atoms with van der Waals surface area (Å²) >= 11 is 0. The standard InChI is InChI=1S/C15H17F3O7S/c1-4-14(2,3)24-12-9-10(5-6-11(12)25-15(16,17)18)13(19)23-7-8-26(20,21)22/h4-6,9H,1,7-8H2,2-3H3,(H,20,21,22). The molecule has 26 heavy (non-hydrogen) atoms. The molecule has 146 valence electrons. The number of carbonyl (C=O) groups is 1. The van der Waals surface area contributed by atoms with E-state index in [-0.39, 0.29) is 5.56 Å². The van der Waals surface area contributed by atoms with Crippen molar-refractivity contribution in [3.8, 4) is 11.5 Å². The van der Waals surface area contributed by atoms with Gasteiger partial charge >= 0.3 is 12.3 Å². The zero-order valence-corrected chi connectivity index (χ0v) is 14.7. The van der Waals surface area contributed by atoms with E-state index in [2.05, 4.69) is 16.1 Å². The van der Waals surface area contributed by atoms with Gasteiger partial charge in [0.05, 0.1) is 5.56 Å². The number of alkyl halides is 3. The van der Waals surface area contributed by atoms with Crippen LogP contribution in [-0.2, 0) is 14.9 Å². The van der Waals surface area contributed by atoms with Crippen molar-refractivity contribution in [1.29, 1.82) is 0 Å². The van der Waals surface area contributed by atoms with E-state index in [0.29, 0.717) is 0 Å². The minimum absolute atomic E-state index is 0.204. The van der Waals surface area contributed by atoms with Crippen molar-refractivity contribution >= 4 is 16.1 Å². The van der Waals surface area contributed by atoms with Crippen LogP contribution in [-0.4, -0.2) is 43.3 Å². The molecule has 0 unspecified atom stereocenters. The highest BCUT2D eigenvalue weighted by atomic mass is 32.2. The van der Waals surface area contributed by atoms with E-state index >= 15 is 0 Å². The summed E-state index contributed by atoms with van der Waals surface area (Å²) in [5.74, 6) is -2.91. The average molecular weight is 398 g/mol. The SMILES string of the molecule is C=CC(C)(C)Oc1cc(C(=O)OCCS(=O)(=O)O)ccc1OC(F)(F)F. The molecule has 0 aliphatic rings. The predicted molar refractivity (Wildman–Crippen MR) is 84.7 cm³/mol. The third kappa shape index (κ3) is 7.74. The molecular weight excluding hydrogens is 381 g/mol. The number of hydrogen-bond acceptors (Lipinski definition) is 6. The van der Waals surface area contributed by atoms with Gasteiger partial charge in [0.15, 0.2) is 11.5 Å². The van der Waals surface area contributed by atoms with Crippen molar-refractivity contribution in [2.24, 2.45) is 0 Å². The second-order valence-corrected chi connectivity index (χ2v) is 7.11. The maximum absolute atomic E-state index is 12.5. The van der Waals surface area contributed by atoms with Gasteiger partial charge in [0.2, 0.25) is 0 Å². The summed E-state index contributed by atoms with van der Waals surface area (Å²) in [5.41, 5.74) is -1.28. The minimum atomic E-state index is -4.98. The molecule has 1 N–H and O–H groups in total. The Morgan fingerprint density at radius 2 is 1.85 bits per heavy atom. The Morgan fingerprint density at radius 1 is 1.23 bits per heavy atom. The van der Waals surface area contributed by atoms with E-state index in [4.69, 9.17) is 9.29 Å². The fraction of sp³-hybridized carbons (Fsp3) is 0.400. The summed E-state index contributed by atoms with van der Waals surface area (Å²) in [4.78, 5) is 11.9. The Balaban J connectivity index is 3.08. The first kappa shape index (κ1) is 21.8. The van der Waals surface area contributed by atoms with Crippen molar-refractivity contribution in [3.63, 3.8) is 0 Å². The van der Waals surface area contributed by atoms with Crippen LogP contribution in [0.5, 0.6) is 11.5 Å². The molecule has 11 heteroatoms. The number of benzene rings is 1. The first-order chi connectivity index (χ1) is 11.7. The zero-order chi connectivity index (χ0) is 20.2. The first-order valence-corrected chi connectivity index (χ1v) is 8.68. The minimum Gasteiger partial charge on any atom is -0.480 e. The van der Waals surface area contributed by atoms with Gasteiger partial charge in [0.1, 0.15) is 18.0 Å². The van der Waals surface area contributed by atoms with Gasteiger partial charge in [-0.25, -0.2) is 4.79 Å². The van der Waals surface area contributed by atoms with Crippen molar-refractivity contribution < 1.29 is 45.1 Å². The van der Waals surface area contributed by atoms with E-state index in [0.717, 1.165) is 18.2 Å². The van der Waals surface area contributed by atoms with Crippen LogP contribution in [0.15, 0.2) is 30.9 Å². The Labute approximate surface area is 148 Å². The lowest BCUT2D eigenvalue weighted by atomic mass is 10.1. The highest BCUT2D eigenvalue weighted by molar-refractivity contribution is 7.85. The van der Waals surface area contributed by atoms with Crippen LogP contribution < -0.4 is 9.47 Å². The van der Waals surface area contributed by atoms with E-state index in [9.17, 15) is 26.4 Å². The molecule has 0 saturated carbocycles. The number of hydrogen-bond donors (Lipinski definition) is 1. The predicted octanol–water partition coefficient (Wildman–Crippen LogP) is 2.97. The number of carbonyl (C=O) groups excluding carboxylic acids is 1. The molecule has 0 heterocycles. The molecule has 0 atom stereocenters. The van der Waals surface area contributed by atoms with Crippen LogP contribution in [0.3, 0.4) is 0 Å². The third-order valence-electron chi connectivity index (χ3n) is 2.84. The van der Waals surface area contributed by atoms with Crippen LogP contribution in [0.4, 0.5) is 13.2 Å². The highest BCUT2D eigenvalue weighted by Crippen LogP contribution is 2.35. The molecule has 0 amide bonds. The van der Waals surface area contributed by atoms with Gasteiger partial charge in [0.25, 0.3) is 10.1 Å². The Hall–Kier alpha value is -2.27. The van der Waals surface area contributed by atoms with Gasteiger partial charge in [-0.2, -0.15) is 8.42 Å². The van der Waals surface area contributed by atoms with Gasteiger partial charge in [-0.05, 0) is 38.1 Å². The van der Waals surface area contributed by atoms with E-state index in [1.54, 1.807) is 0 Å². The van der Waals surface area contributed by atoms with Crippen LogP contribution in [0.1, 0.15) is 24.2 Å². The number of esters is 1. The van der Waals surface area contributed by atoms with Crippen molar-refractivity contribution in [3.05, 3.63) is 36.4 Å². The van der Waals surface area contributed by atoms with Gasteiger partial charge in [0, 0.05) is 0 Å². The molecule has 0 aliphatic heterocycles. The largest absolute Gasteiger partial charge is 0.573 e. The van der Waals surface area contributed by atoms with E-state index in [1.165, 1.54) is 19.9 Å². The van der Waals surface area contributed by atoms with Crippen LogP contribution in [0.2, 0.25) is 0 Å². The van der Waals surface area contributed by atoms with E-state index in [1.807, 2.05) is 0 Å².